The van der Waals surface area contributed by atoms with Crippen molar-refractivity contribution < 1.29 is 17.6 Å². The van der Waals surface area contributed by atoms with Gasteiger partial charge in [-0.15, -0.1) is 0 Å². The lowest BCUT2D eigenvalue weighted by Gasteiger charge is -2.34. The van der Waals surface area contributed by atoms with E-state index < -0.39 is 10.0 Å². The minimum Gasteiger partial charge on any atom is -0.340 e. The molecule has 0 spiro atoms. The van der Waals surface area contributed by atoms with Gasteiger partial charge in [0.05, 0.1) is 4.90 Å². The highest BCUT2D eigenvalue weighted by atomic mass is 79.9. The monoisotopic (exact) mass is 482 g/mol. The zero-order valence-electron chi connectivity index (χ0n) is 16.5. The maximum atomic E-state index is 13.9. The maximum absolute atomic E-state index is 13.9. The molecule has 0 bridgehead atoms. The van der Waals surface area contributed by atoms with Crippen LogP contribution in [0.5, 0.6) is 0 Å². The van der Waals surface area contributed by atoms with Crippen LogP contribution >= 0.6 is 15.9 Å². The molecule has 1 fully saturated rings. The molecule has 0 aliphatic carbocycles. The Morgan fingerprint density at radius 1 is 1.07 bits per heavy atom. The number of carbonyl (C=O) groups excluding carboxylic acids is 1. The first-order chi connectivity index (χ1) is 13.7. The van der Waals surface area contributed by atoms with E-state index >= 15 is 0 Å². The van der Waals surface area contributed by atoms with Crippen LogP contribution in [0.3, 0.4) is 0 Å². The number of aryl methyl sites for hydroxylation is 3. The van der Waals surface area contributed by atoms with Gasteiger partial charge < -0.3 is 4.90 Å². The molecule has 1 heterocycles. The maximum Gasteiger partial charge on any atom is 0.243 e. The largest absolute Gasteiger partial charge is 0.340 e. The number of sulfonamides is 1. The Bertz CT molecular complexity index is 1020. The number of carbonyl (C=O) groups is 1. The van der Waals surface area contributed by atoms with Crippen LogP contribution < -0.4 is 0 Å². The zero-order chi connectivity index (χ0) is 21.2. The summed E-state index contributed by atoms with van der Waals surface area (Å²) in [6, 6.07) is 10.1. The molecule has 0 atom stereocenters. The van der Waals surface area contributed by atoms with Gasteiger partial charge in [0.2, 0.25) is 15.9 Å². The van der Waals surface area contributed by atoms with E-state index in [0.29, 0.717) is 34.4 Å². The van der Waals surface area contributed by atoms with Gasteiger partial charge in [-0.3, -0.25) is 4.79 Å². The zero-order valence-corrected chi connectivity index (χ0v) is 18.9. The summed E-state index contributed by atoms with van der Waals surface area (Å²) in [4.78, 5) is 14.5. The van der Waals surface area contributed by atoms with Gasteiger partial charge in [-0.1, -0.05) is 39.7 Å². The van der Waals surface area contributed by atoms with Gasteiger partial charge in [0.1, 0.15) is 5.82 Å². The van der Waals surface area contributed by atoms with E-state index in [2.05, 4.69) is 15.9 Å². The summed E-state index contributed by atoms with van der Waals surface area (Å²) in [5.41, 5.74) is 2.23. The van der Waals surface area contributed by atoms with Gasteiger partial charge in [0, 0.05) is 37.1 Å². The number of benzene rings is 2. The second-order valence-corrected chi connectivity index (χ2v) is 10.1. The van der Waals surface area contributed by atoms with Gasteiger partial charge in [0.25, 0.3) is 0 Å². The Labute approximate surface area is 179 Å². The molecule has 1 amide bonds. The van der Waals surface area contributed by atoms with Crippen molar-refractivity contribution in [2.24, 2.45) is 0 Å². The van der Waals surface area contributed by atoms with Crippen molar-refractivity contribution in [3.63, 3.8) is 0 Å². The van der Waals surface area contributed by atoms with Crippen molar-refractivity contribution in [3.05, 3.63) is 63.4 Å². The van der Waals surface area contributed by atoms with E-state index in [1.807, 2.05) is 13.0 Å². The molecule has 2 aromatic carbocycles. The highest BCUT2D eigenvalue weighted by Crippen LogP contribution is 2.23. The lowest BCUT2D eigenvalue weighted by molar-refractivity contribution is -0.132. The fourth-order valence-electron chi connectivity index (χ4n) is 3.53. The lowest BCUT2D eigenvalue weighted by atomic mass is 10.1. The van der Waals surface area contributed by atoms with Crippen LogP contribution in [0, 0.1) is 19.7 Å². The first-order valence-electron chi connectivity index (χ1n) is 9.47. The number of halogens is 2. The van der Waals surface area contributed by atoms with E-state index in [1.165, 1.54) is 10.4 Å². The molecule has 0 radical (unpaired) electrons. The number of hydrogen-bond acceptors (Lipinski definition) is 3. The fraction of sp³-hybridized carbons (Fsp3) is 0.381. The highest BCUT2D eigenvalue weighted by molar-refractivity contribution is 9.10. The van der Waals surface area contributed by atoms with E-state index in [0.717, 1.165) is 11.1 Å². The van der Waals surface area contributed by atoms with Crippen molar-refractivity contribution in [2.45, 2.75) is 31.6 Å². The molecule has 1 aliphatic heterocycles. The van der Waals surface area contributed by atoms with Gasteiger partial charge in [-0.25, -0.2) is 12.8 Å². The second-order valence-electron chi connectivity index (χ2n) is 7.29. The summed E-state index contributed by atoms with van der Waals surface area (Å²) in [5.74, 6) is -0.424. The number of hydrogen-bond donors (Lipinski definition) is 0. The van der Waals surface area contributed by atoms with Crippen LogP contribution in [0.2, 0.25) is 0 Å². The number of piperazine rings is 1. The minimum atomic E-state index is -3.58. The Morgan fingerprint density at radius 3 is 2.38 bits per heavy atom. The van der Waals surface area contributed by atoms with Crippen molar-refractivity contribution in [1.29, 1.82) is 0 Å². The molecular formula is C21H24BrFN2O3S. The summed E-state index contributed by atoms with van der Waals surface area (Å²) in [7, 11) is -3.58. The summed E-state index contributed by atoms with van der Waals surface area (Å²) in [5, 5.41) is 0. The molecule has 0 unspecified atom stereocenters. The van der Waals surface area contributed by atoms with Gasteiger partial charge in [-0.2, -0.15) is 4.31 Å². The highest BCUT2D eigenvalue weighted by Gasteiger charge is 2.30. The molecule has 0 aromatic heterocycles. The van der Waals surface area contributed by atoms with Crippen LogP contribution in [0.15, 0.2) is 45.8 Å². The third-order valence-corrected chi connectivity index (χ3v) is 7.72. The molecular weight excluding hydrogens is 459 g/mol. The number of amides is 1. The van der Waals surface area contributed by atoms with Crippen molar-refractivity contribution in [3.8, 4) is 0 Å². The van der Waals surface area contributed by atoms with E-state index in [4.69, 9.17) is 0 Å². The topological polar surface area (TPSA) is 57.7 Å². The molecule has 2 aromatic rings. The molecule has 3 rings (SSSR count). The van der Waals surface area contributed by atoms with Crippen molar-refractivity contribution in [2.75, 3.05) is 26.2 Å². The summed E-state index contributed by atoms with van der Waals surface area (Å²) >= 11 is 3.22. The van der Waals surface area contributed by atoms with Gasteiger partial charge >= 0.3 is 0 Å². The predicted molar refractivity (Wildman–Crippen MR) is 114 cm³/mol. The molecule has 0 N–H and O–H groups in total. The summed E-state index contributed by atoms with van der Waals surface area (Å²) < 4.78 is 41.9. The van der Waals surface area contributed by atoms with Crippen LogP contribution in [-0.4, -0.2) is 49.7 Å². The van der Waals surface area contributed by atoms with Crippen LogP contribution in [-0.2, 0) is 21.2 Å². The second kappa shape index (κ2) is 8.93. The smallest absolute Gasteiger partial charge is 0.243 e. The summed E-state index contributed by atoms with van der Waals surface area (Å²) in [6.45, 7) is 4.91. The molecule has 29 heavy (non-hydrogen) atoms. The Kier molecular flexibility index (Phi) is 6.76. The van der Waals surface area contributed by atoms with E-state index in [-0.39, 0.29) is 31.2 Å². The number of nitrogens with zero attached hydrogens (tertiary/aromatic N) is 2. The normalized spacial score (nSPS) is 15.5. The fourth-order valence-corrected chi connectivity index (χ4v) is 5.49. The predicted octanol–water partition coefficient (Wildman–Crippen LogP) is 3.67. The molecule has 0 saturated carbocycles. The molecule has 1 aliphatic rings. The summed E-state index contributed by atoms with van der Waals surface area (Å²) in [6.07, 6.45) is 0.515. The third-order valence-electron chi connectivity index (χ3n) is 5.16. The van der Waals surface area contributed by atoms with Crippen LogP contribution in [0.1, 0.15) is 23.1 Å². The average Bonchev–Trinajstić information content (AvgIpc) is 2.67. The quantitative estimate of drug-likeness (QED) is 0.652. The van der Waals surface area contributed by atoms with E-state index in [1.54, 1.807) is 36.1 Å². The molecule has 8 heteroatoms. The molecule has 156 valence electrons. The van der Waals surface area contributed by atoms with E-state index in [9.17, 15) is 17.6 Å². The van der Waals surface area contributed by atoms with Gasteiger partial charge in [0.15, 0.2) is 0 Å². The first kappa shape index (κ1) is 21.9. The van der Waals surface area contributed by atoms with Crippen molar-refractivity contribution in [1.82, 2.24) is 9.21 Å². The van der Waals surface area contributed by atoms with Crippen molar-refractivity contribution >= 4 is 31.9 Å². The van der Waals surface area contributed by atoms with Gasteiger partial charge in [-0.05, 0) is 49.6 Å². The lowest BCUT2D eigenvalue weighted by Crippen LogP contribution is -2.50. The Hall–Kier alpha value is -1.77. The Balaban J connectivity index is 1.58. The van der Waals surface area contributed by atoms with Crippen LogP contribution in [0.25, 0.3) is 0 Å². The Morgan fingerprint density at radius 2 is 1.76 bits per heavy atom. The third kappa shape index (κ3) is 5.05. The molecule has 5 nitrogen and oxygen atoms in total. The van der Waals surface area contributed by atoms with Crippen LogP contribution in [0.4, 0.5) is 4.39 Å². The number of rotatable bonds is 5. The average molecular weight is 483 g/mol. The first-order valence-corrected chi connectivity index (χ1v) is 11.7. The SMILES string of the molecule is Cc1ccc(S(=O)(=O)N2CCN(C(=O)CCc3ccc(Br)cc3F)CC2)c(C)c1. The standard InChI is InChI=1S/C21H24BrFN2O3S/c1-15-3-7-20(16(2)13-15)29(27,28)25-11-9-24(10-12-25)21(26)8-5-17-4-6-18(22)14-19(17)23/h3-4,6-7,13-14H,5,8-12H2,1-2H3. The molecule has 1 saturated heterocycles. The minimum absolute atomic E-state index is 0.0871.